The van der Waals surface area contributed by atoms with Crippen molar-refractivity contribution in [1.29, 1.82) is 0 Å². The Labute approximate surface area is 140 Å². The van der Waals surface area contributed by atoms with E-state index >= 15 is 0 Å². The summed E-state index contributed by atoms with van der Waals surface area (Å²) in [6.07, 6.45) is 3.54. The number of para-hydroxylation sites is 1. The van der Waals surface area contributed by atoms with Crippen LogP contribution in [-0.4, -0.2) is 35.2 Å². The van der Waals surface area contributed by atoms with Crippen LogP contribution in [0, 0.1) is 0 Å². The van der Waals surface area contributed by atoms with Crippen LogP contribution in [0.25, 0.3) is 0 Å². The van der Waals surface area contributed by atoms with Crippen molar-refractivity contribution >= 4 is 23.4 Å². The largest absolute Gasteiger partial charge is 0.467 e. The van der Waals surface area contributed by atoms with Crippen molar-refractivity contribution in [3.8, 4) is 0 Å². The van der Waals surface area contributed by atoms with E-state index in [9.17, 15) is 9.90 Å². The molecule has 0 fully saturated rings. The highest BCUT2D eigenvalue weighted by Crippen LogP contribution is 2.18. The average Bonchev–Trinajstić information content (AvgIpc) is 3.07. The van der Waals surface area contributed by atoms with E-state index < -0.39 is 0 Å². The second kappa shape index (κ2) is 8.64. The third-order valence-electron chi connectivity index (χ3n) is 3.60. The van der Waals surface area contributed by atoms with E-state index in [1.807, 2.05) is 43.5 Å². The maximum Gasteiger partial charge on any atom is 0.253 e. The van der Waals surface area contributed by atoms with E-state index in [1.165, 1.54) is 11.8 Å². The Morgan fingerprint density at radius 3 is 2.74 bits per heavy atom. The summed E-state index contributed by atoms with van der Waals surface area (Å²) in [5.74, 6) is 0.642. The van der Waals surface area contributed by atoms with Crippen LogP contribution in [0.3, 0.4) is 0 Å². The molecule has 124 valence electrons. The van der Waals surface area contributed by atoms with E-state index in [-0.39, 0.29) is 23.8 Å². The smallest absolute Gasteiger partial charge is 0.253 e. The third-order valence-corrected chi connectivity index (χ3v) is 4.77. The number of thioether (sulfide) groups is 1. The van der Waals surface area contributed by atoms with Gasteiger partial charge >= 0.3 is 0 Å². The molecule has 0 saturated carbocycles. The van der Waals surface area contributed by atoms with Gasteiger partial charge in [-0.3, -0.25) is 4.79 Å². The number of hydrogen-bond donors (Lipinski definition) is 3. The van der Waals surface area contributed by atoms with E-state index in [2.05, 4.69) is 10.6 Å². The summed E-state index contributed by atoms with van der Waals surface area (Å²) in [6.45, 7) is 2.44. The number of nitrogens with one attached hydrogen (secondary N) is 2. The predicted molar refractivity (Wildman–Crippen MR) is 93.8 cm³/mol. The quantitative estimate of drug-likeness (QED) is 0.692. The standard InChI is InChI=1S/C17H22N2O3S/c1-12(16(11-20)23-2)19-17(21)14-7-3-4-8-15(14)18-10-13-6-5-9-22-13/h3-9,12,16,18,20H,10-11H2,1-2H3,(H,19,21). The van der Waals surface area contributed by atoms with Gasteiger partial charge in [0.2, 0.25) is 0 Å². The summed E-state index contributed by atoms with van der Waals surface area (Å²) >= 11 is 1.54. The molecular weight excluding hydrogens is 312 g/mol. The highest BCUT2D eigenvalue weighted by atomic mass is 32.2. The first-order valence-corrected chi connectivity index (χ1v) is 8.74. The molecule has 0 bridgehead atoms. The third kappa shape index (κ3) is 4.77. The summed E-state index contributed by atoms with van der Waals surface area (Å²) in [7, 11) is 0. The maximum absolute atomic E-state index is 12.5. The molecule has 0 aliphatic carbocycles. The number of carbonyl (C=O) groups is 1. The number of amides is 1. The van der Waals surface area contributed by atoms with Crippen LogP contribution in [0.2, 0.25) is 0 Å². The number of aliphatic hydroxyl groups excluding tert-OH is 1. The molecule has 1 aromatic heterocycles. The minimum absolute atomic E-state index is 0.0257. The molecule has 2 atom stereocenters. The first kappa shape index (κ1) is 17.4. The number of aliphatic hydroxyl groups is 1. The van der Waals surface area contributed by atoms with Crippen molar-refractivity contribution in [2.75, 3.05) is 18.2 Å². The average molecular weight is 334 g/mol. The maximum atomic E-state index is 12.5. The van der Waals surface area contributed by atoms with Crippen LogP contribution < -0.4 is 10.6 Å². The van der Waals surface area contributed by atoms with Gasteiger partial charge in [0.25, 0.3) is 5.91 Å². The van der Waals surface area contributed by atoms with Gasteiger partial charge in [-0.15, -0.1) is 0 Å². The summed E-state index contributed by atoms with van der Waals surface area (Å²) < 4.78 is 5.29. The minimum atomic E-state index is -0.160. The van der Waals surface area contributed by atoms with Crippen molar-refractivity contribution in [2.45, 2.75) is 24.8 Å². The molecular formula is C17H22N2O3S. The normalized spacial score (nSPS) is 13.3. The Kier molecular flexibility index (Phi) is 6.55. The van der Waals surface area contributed by atoms with Gasteiger partial charge in [-0.05, 0) is 37.4 Å². The molecule has 2 unspecified atom stereocenters. The molecule has 5 nitrogen and oxygen atoms in total. The number of benzene rings is 1. The van der Waals surface area contributed by atoms with Crippen molar-refractivity contribution < 1.29 is 14.3 Å². The van der Waals surface area contributed by atoms with Crippen LogP contribution >= 0.6 is 11.8 Å². The fourth-order valence-electron chi connectivity index (χ4n) is 2.25. The molecule has 23 heavy (non-hydrogen) atoms. The molecule has 1 amide bonds. The Hall–Kier alpha value is -1.92. The Bertz CT molecular complexity index is 612. The second-order valence-corrected chi connectivity index (χ2v) is 6.27. The monoisotopic (exact) mass is 334 g/mol. The highest BCUT2D eigenvalue weighted by molar-refractivity contribution is 7.99. The Morgan fingerprint density at radius 1 is 1.30 bits per heavy atom. The predicted octanol–water partition coefficient (Wildman–Crippen LogP) is 2.73. The number of hydrogen-bond acceptors (Lipinski definition) is 5. The second-order valence-electron chi connectivity index (χ2n) is 5.20. The van der Waals surface area contributed by atoms with Gasteiger partial charge in [-0.2, -0.15) is 11.8 Å². The lowest BCUT2D eigenvalue weighted by molar-refractivity contribution is 0.0936. The van der Waals surface area contributed by atoms with Crippen molar-refractivity contribution in [3.63, 3.8) is 0 Å². The molecule has 0 aliphatic heterocycles. The number of anilines is 1. The molecule has 0 spiro atoms. The lowest BCUT2D eigenvalue weighted by Gasteiger charge is -2.22. The zero-order valence-electron chi connectivity index (χ0n) is 13.3. The number of carbonyl (C=O) groups excluding carboxylic acids is 1. The van der Waals surface area contributed by atoms with E-state index in [1.54, 1.807) is 12.3 Å². The topological polar surface area (TPSA) is 74.5 Å². The minimum Gasteiger partial charge on any atom is -0.467 e. The molecule has 0 radical (unpaired) electrons. The van der Waals surface area contributed by atoms with Crippen LogP contribution in [0.4, 0.5) is 5.69 Å². The Morgan fingerprint density at radius 2 is 2.09 bits per heavy atom. The van der Waals surface area contributed by atoms with Gasteiger partial charge in [0.1, 0.15) is 5.76 Å². The number of rotatable bonds is 8. The van der Waals surface area contributed by atoms with Crippen LogP contribution in [0.15, 0.2) is 47.1 Å². The summed E-state index contributed by atoms with van der Waals surface area (Å²) in [5.41, 5.74) is 1.32. The fourth-order valence-corrected chi connectivity index (χ4v) is 2.87. The van der Waals surface area contributed by atoms with E-state index in [0.717, 1.165) is 11.4 Å². The van der Waals surface area contributed by atoms with Gasteiger partial charge in [-0.25, -0.2) is 0 Å². The Balaban J connectivity index is 2.05. The van der Waals surface area contributed by atoms with Gasteiger partial charge in [-0.1, -0.05) is 12.1 Å². The molecule has 6 heteroatoms. The van der Waals surface area contributed by atoms with Gasteiger partial charge in [0.05, 0.1) is 25.0 Å². The fraction of sp³-hybridized carbons (Fsp3) is 0.353. The van der Waals surface area contributed by atoms with Crippen LogP contribution in [-0.2, 0) is 6.54 Å². The SMILES string of the molecule is CSC(CO)C(C)NC(=O)c1ccccc1NCc1ccco1. The molecule has 1 aromatic carbocycles. The summed E-state index contributed by atoms with van der Waals surface area (Å²) in [6, 6.07) is 10.9. The summed E-state index contributed by atoms with van der Waals surface area (Å²) in [5, 5.41) is 15.5. The molecule has 0 saturated heterocycles. The van der Waals surface area contributed by atoms with Crippen molar-refractivity contribution in [2.24, 2.45) is 0 Å². The zero-order chi connectivity index (χ0) is 16.7. The van der Waals surface area contributed by atoms with Crippen LogP contribution in [0.5, 0.6) is 0 Å². The molecule has 1 heterocycles. The highest BCUT2D eigenvalue weighted by Gasteiger charge is 2.19. The van der Waals surface area contributed by atoms with Gasteiger partial charge in [0.15, 0.2) is 0 Å². The number of furan rings is 1. The summed E-state index contributed by atoms with van der Waals surface area (Å²) in [4.78, 5) is 12.5. The first-order valence-electron chi connectivity index (χ1n) is 7.45. The molecule has 0 aliphatic rings. The van der Waals surface area contributed by atoms with Crippen molar-refractivity contribution in [3.05, 3.63) is 54.0 Å². The zero-order valence-corrected chi connectivity index (χ0v) is 14.1. The lowest BCUT2D eigenvalue weighted by atomic mass is 10.1. The van der Waals surface area contributed by atoms with E-state index in [4.69, 9.17) is 4.42 Å². The lowest BCUT2D eigenvalue weighted by Crippen LogP contribution is -2.41. The van der Waals surface area contributed by atoms with E-state index in [0.29, 0.717) is 12.1 Å². The van der Waals surface area contributed by atoms with Crippen LogP contribution in [0.1, 0.15) is 23.0 Å². The molecule has 2 aromatic rings. The first-order chi connectivity index (χ1) is 11.2. The van der Waals surface area contributed by atoms with Crippen molar-refractivity contribution in [1.82, 2.24) is 5.32 Å². The molecule has 2 rings (SSSR count). The van der Waals surface area contributed by atoms with Gasteiger partial charge in [0, 0.05) is 17.0 Å². The van der Waals surface area contributed by atoms with Gasteiger partial charge < -0.3 is 20.2 Å². The molecule has 3 N–H and O–H groups in total.